The van der Waals surface area contributed by atoms with Crippen LogP contribution in [0.25, 0.3) is 11.0 Å². The molecule has 1 atom stereocenters. The minimum absolute atomic E-state index is 0.216. The molecule has 4 heteroatoms. The van der Waals surface area contributed by atoms with Crippen molar-refractivity contribution in [3.05, 3.63) is 65.5 Å². The predicted molar refractivity (Wildman–Crippen MR) is 102 cm³/mol. The third-order valence-corrected chi connectivity index (χ3v) is 4.41. The molecule has 1 heterocycles. The fraction of sp³-hybridized carbons (Fsp3) is 0.286. The monoisotopic (exact) mass is 336 g/mol. The Morgan fingerprint density at radius 1 is 1.16 bits per heavy atom. The number of aromatic nitrogens is 2. The van der Waals surface area contributed by atoms with Crippen molar-refractivity contribution in [1.29, 1.82) is 0 Å². The quantitative estimate of drug-likeness (QED) is 0.640. The Kier molecular flexibility index (Phi) is 4.79. The van der Waals surface area contributed by atoms with E-state index in [2.05, 4.69) is 42.5 Å². The minimum atomic E-state index is -0.216. The van der Waals surface area contributed by atoms with Gasteiger partial charge in [-0.3, -0.25) is 0 Å². The van der Waals surface area contributed by atoms with Crippen LogP contribution in [0.15, 0.2) is 43.0 Å². The molecule has 2 aromatic carbocycles. The molecule has 3 rings (SSSR count). The summed E-state index contributed by atoms with van der Waals surface area (Å²) < 4.78 is 11.6. The van der Waals surface area contributed by atoms with E-state index in [1.165, 1.54) is 11.1 Å². The number of rotatable bonds is 6. The van der Waals surface area contributed by atoms with Gasteiger partial charge in [0.15, 0.2) is 17.6 Å². The second-order valence-electron chi connectivity index (χ2n) is 6.31. The van der Waals surface area contributed by atoms with E-state index in [1.54, 1.807) is 7.11 Å². The van der Waals surface area contributed by atoms with Crippen LogP contribution in [0.1, 0.15) is 35.5 Å². The van der Waals surface area contributed by atoms with Crippen molar-refractivity contribution in [2.45, 2.75) is 33.3 Å². The highest BCUT2D eigenvalue weighted by Gasteiger charge is 2.15. The lowest BCUT2D eigenvalue weighted by molar-refractivity contribution is 0.208. The summed E-state index contributed by atoms with van der Waals surface area (Å²) >= 11 is 0. The fourth-order valence-electron chi connectivity index (χ4n) is 2.83. The van der Waals surface area contributed by atoms with Crippen molar-refractivity contribution in [1.82, 2.24) is 9.97 Å². The van der Waals surface area contributed by atoms with E-state index in [9.17, 15) is 0 Å². The highest BCUT2D eigenvalue weighted by molar-refractivity contribution is 5.77. The molecule has 3 aromatic rings. The average Bonchev–Trinajstić information content (AvgIpc) is 2.99. The summed E-state index contributed by atoms with van der Waals surface area (Å²) in [4.78, 5) is 8.04. The average molecular weight is 336 g/mol. The van der Waals surface area contributed by atoms with E-state index in [4.69, 9.17) is 9.47 Å². The molecular weight excluding hydrogens is 312 g/mol. The number of ether oxygens (including phenoxy) is 2. The molecule has 0 saturated carbocycles. The van der Waals surface area contributed by atoms with E-state index in [1.807, 2.05) is 31.2 Å². The van der Waals surface area contributed by atoms with Crippen molar-refractivity contribution >= 4 is 11.0 Å². The molecule has 0 saturated heterocycles. The third-order valence-electron chi connectivity index (χ3n) is 4.41. The number of imidazole rings is 1. The SMILES string of the molecule is C=CCc1ccc(OC(C)c2nc3cc(C)c(C)cc3[nH]2)c(OC)c1. The number of aryl methyl sites for hydroxylation is 2. The lowest BCUT2D eigenvalue weighted by atomic mass is 10.1. The summed E-state index contributed by atoms with van der Waals surface area (Å²) in [6.07, 6.45) is 2.46. The van der Waals surface area contributed by atoms with Gasteiger partial charge in [-0.05, 0) is 68.1 Å². The van der Waals surface area contributed by atoms with Crippen LogP contribution in [-0.2, 0) is 6.42 Å². The summed E-state index contributed by atoms with van der Waals surface area (Å²) in [5, 5.41) is 0. The molecule has 0 aliphatic heterocycles. The number of methoxy groups -OCH3 is 1. The van der Waals surface area contributed by atoms with E-state index in [-0.39, 0.29) is 6.10 Å². The topological polar surface area (TPSA) is 47.1 Å². The van der Waals surface area contributed by atoms with Crippen LogP contribution in [0.3, 0.4) is 0 Å². The first-order valence-corrected chi connectivity index (χ1v) is 8.43. The largest absolute Gasteiger partial charge is 0.493 e. The number of allylic oxidation sites excluding steroid dienone is 1. The summed E-state index contributed by atoms with van der Waals surface area (Å²) in [5.74, 6) is 2.22. The molecule has 25 heavy (non-hydrogen) atoms. The van der Waals surface area contributed by atoms with Crippen LogP contribution < -0.4 is 9.47 Å². The van der Waals surface area contributed by atoms with Crippen molar-refractivity contribution in [3.63, 3.8) is 0 Å². The number of hydrogen-bond acceptors (Lipinski definition) is 3. The van der Waals surface area contributed by atoms with E-state index in [0.29, 0.717) is 11.5 Å². The summed E-state index contributed by atoms with van der Waals surface area (Å²) in [6, 6.07) is 10.2. The van der Waals surface area contributed by atoms with Gasteiger partial charge in [0.05, 0.1) is 18.1 Å². The van der Waals surface area contributed by atoms with Gasteiger partial charge in [0.25, 0.3) is 0 Å². The number of aromatic amines is 1. The van der Waals surface area contributed by atoms with E-state index >= 15 is 0 Å². The molecule has 0 aliphatic rings. The van der Waals surface area contributed by atoms with Crippen molar-refractivity contribution in [3.8, 4) is 11.5 Å². The van der Waals surface area contributed by atoms with Gasteiger partial charge in [0.2, 0.25) is 0 Å². The van der Waals surface area contributed by atoms with Crippen molar-refractivity contribution in [2.24, 2.45) is 0 Å². The van der Waals surface area contributed by atoms with Gasteiger partial charge in [-0.25, -0.2) is 4.98 Å². The number of nitrogens with zero attached hydrogens (tertiary/aromatic N) is 1. The van der Waals surface area contributed by atoms with Gasteiger partial charge in [-0.15, -0.1) is 6.58 Å². The van der Waals surface area contributed by atoms with Crippen LogP contribution in [-0.4, -0.2) is 17.1 Å². The summed E-state index contributed by atoms with van der Waals surface area (Å²) in [6.45, 7) is 9.95. The minimum Gasteiger partial charge on any atom is -0.493 e. The maximum Gasteiger partial charge on any atom is 0.162 e. The maximum atomic E-state index is 6.10. The fourth-order valence-corrected chi connectivity index (χ4v) is 2.83. The predicted octanol–water partition coefficient (Wildman–Crippen LogP) is 5.06. The molecule has 0 amide bonds. The van der Waals surface area contributed by atoms with E-state index in [0.717, 1.165) is 28.8 Å². The van der Waals surface area contributed by atoms with Crippen molar-refractivity contribution in [2.75, 3.05) is 7.11 Å². The lowest BCUT2D eigenvalue weighted by Gasteiger charge is -2.16. The zero-order valence-corrected chi connectivity index (χ0v) is 15.2. The molecule has 0 aliphatic carbocycles. The summed E-state index contributed by atoms with van der Waals surface area (Å²) in [5.41, 5.74) is 5.61. The van der Waals surface area contributed by atoms with Crippen LogP contribution in [0, 0.1) is 13.8 Å². The Morgan fingerprint density at radius 2 is 1.92 bits per heavy atom. The number of H-pyrrole nitrogens is 1. The Hall–Kier alpha value is -2.75. The molecule has 4 nitrogen and oxygen atoms in total. The van der Waals surface area contributed by atoms with Crippen LogP contribution in [0.2, 0.25) is 0 Å². The molecule has 0 bridgehead atoms. The number of fused-ring (bicyclic) bond motifs is 1. The first-order chi connectivity index (χ1) is 12.0. The zero-order valence-electron chi connectivity index (χ0n) is 15.2. The van der Waals surface area contributed by atoms with Gasteiger partial charge < -0.3 is 14.5 Å². The second-order valence-corrected chi connectivity index (χ2v) is 6.31. The molecule has 0 radical (unpaired) electrons. The normalized spacial score (nSPS) is 12.2. The lowest BCUT2D eigenvalue weighted by Crippen LogP contribution is -2.06. The molecule has 1 N–H and O–H groups in total. The first kappa shape index (κ1) is 17.1. The van der Waals surface area contributed by atoms with Gasteiger partial charge in [-0.1, -0.05) is 12.1 Å². The molecular formula is C21H24N2O2. The number of hydrogen-bond donors (Lipinski definition) is 1. The van der Waals surface area contributed by atoms with E-state index < -0.39 is 0 Å². The van der Waals surface area contributed by atoms with Crippen LogP contribution in [0.4, 0.5) is 0 Å². The highest BCUT2D eigenvalue weighted by atomic mass is 16.5. The van der Waals surface area contributed by atoms with Crippen molar-refractivity contribution < 1.29 is 9.47 Å². The maximum absolute atomic E-state index is 6.10. The Morgan fingerprint density at radius 3 is 2.64 bits per heavy atom. The third kappa shape index (κ3) is 3.53. The Balaban J connectivity index is 1.86. The molecule has 1 unspecified atom stereocenters. The number of nitrogens with one attached hydrogen (secondary N) is 1. The van der Waals surface area contributed by atoms with Gasteiger partial charge in [0.1, 0.15) is 5.82 Å². The standard InChI is InChI=1S/C21H24N2O2/c1-6-7-16-8-9-19(20(12-16)24-5)25-15(4)21-22-17-10-13(2)14(3)11-18(17)23-21/h6,8-12,15H,1,7H2,2-5H3,(H,22,23). The second kappa shape index (κ2) is 7.01. The zero-order chi connectivity index (χ0) is 18.0. The van der Waals surface area contributed by atoms with Crippen LogP contribution >= 0.6 is 0 Å². The van der Waals surface area contributed by atoms with Crippen LogP contribution in [0.5, 0.6) is 11.5 Å². The van der Waals surface area contributed by atoms with Gasteiger partial charge in [0, 0.05) is 0 Å². The van der Waals surface area contributed by atoms with Gasteiger partial charge >= 0.3 is 0 Å². The highest BCUT2D eigenvalue weighted by Crippen LogP contribution is 2.32. The van der Waals surface area contributed by atoms with Gasteiger partial charge in [-0.2, -0.15) is 0 Å². The summed E-state index contributed by atoms with van der Waals surface area (Å²) in [7, 11) is 1.65. The number of benzene rings is 2. The smallest absolute Gasteiger partial charge is 0.162 e. The molecule has 0 fully saturated rings. The molecule has 1 aromatic heterocycles. The Bertz CT molecular complexity index is 873. The Labute approximate surface area is 148 Å². The molecule has 130 valence electrons. The first-order valence-electron chi connectivity index (χ1n) is 8.43. The molecule has 0 spiro atoms.